The maximum Gasteiger partial charge on any atom is 0.337 e. The van der Waals surface area contributed by atoms with Crippen LogP contribution in [0.25, 0.3) is 10.8 Å². The number of nitrogens with zero attached hydrogens (tertiary/aromatic N) is 7. The molecule has 4 heterocycles. The minimum atomic E-state index is -0.348. The van der Waals surface area contributed by atoms with Crippen molar-refractivity contribution in [2.24, 2.45) is 0 Å². The first-order chi connectivity index (χ1) is 22.0. The molecule has 0 unspecified atom stereocenters. The van der Waals surface area contributed by atoms with E-state index in [1.807, 2.05) is 30.3 Å². The Balaban J connectivity index is 1.21. The third-order valence-electron chi connectivity index (χ3n) is 9.99. The van der Waals surface area contributed by atoms with E-state index in [1.165, 1.54) is 7.11 Å². The fourth-order valence-electron chi connectivity index (χ4n) is 7.15. The highest BCUT2D eigenvalue weighted by Crippen LogP contribution is 2.43. The third-order valence-corrected chi connectivity index (χ3v) is 9.99. The first-order valence-corrected chi connectivity index (χ1v) is 16.1. The van der Waals surface area contributed by atoms with Gasteiger partial charge in [-0.05, 0) is 43.8 Å². The Kier molecular flexibility index (Phi) is 8.21. The van der Waals surface area contributed by atoms with Gasteiger partial charge in [0.25, 0.3) is 0 Å². The second-order valence-corrected chi connectivity index (χ2v) is 12.9. The molecule has 4 aliphatic rings. The van der Waals surface area contributed by atoms with Gasteiger partial charge >= 0.3 is 12.0 Å². The van der Waals surface area contributed by atoms with E-state index >= 15 is 0 Å². The van der Waals surface area contributed by atoms with Crippen molar-refractivity contribution in [2.45, 2.75) is 43.8 Å². The molecule has 1 aliphatic carbocycles. The summed E-state index contributed by atoms with van der Waals surface area (Å²) in [5, 5.41) is 14.9. The van der Waals surface area contributed by atoms with E-state index in [2.05, 4.69) is 44.1 Å². The van der Waals surface area contributed by atoms with Crippen LogP contribution in [-0.4, -0.2) is 110 Å². The van der Waals surface area contributed by atoms with Gasteiger partial charge in [0.1, 0.15) is 12.4 Å². The van der Waals surface area contributed by atoms with E-state index in [0.717, 1.165) is 105 Å². The average molecular weight is 611 g/mol. The van der Waals surface area contributed by atoms with E-state index in [0.29, 0.717) is 31.1 Å². The molecule has 236 valence electrons. The second kappa shape index (κ2) is 12.4. The van der Waals surface area contributed by atoms with Crippen LogP contribution in [-0.2, 0) is 17.7 Å². The third kappa shape index (κ3) is 6.02. The number of ether oxygens (including phenoxy) is 2. The van der Waals surface area contributed by atoms with Gasteiger partial charge in [0.15, 0.2) is 0 Å². The van der Waals surface area contributed by atoms with Crippen LogP contribution in [0.5, 0.6) is 6.01 Å². The van der Waals surface area contributed by atoms with Gasteiger partial charge in [-0.1, -0.05) is 24.3 Å². The molecule has 1 atom stereocenters. The van der Waals surface area contributed by atoms with Crippen molar-refractivity contribution >= 4 is 28.2 Å². The number of aromatic nitrogens is 2. The number of nitrogens with one attached hydrogen (secondary N) is 1. The Morgan fingerprint density at radius 3 is 2.69 bits per heavy atom. The van der Waals surface area contributed by atoms with Crippen LogP contribution in [0, 0.1) is 11.3 Å². The molecule has 0 amide bonds. The molecule has 3 aromatic rings. The van der Waals surface area contributed by atoms with Crippen LogP contribution in [0.4, 0.5) is 11.5 Å². The van der Waals surface area contributed by atoms with Gasteiger partial charge in [-0.3, -0.25) is 4.90 Å². The molecule has 1 saturated carbocycles. The van der Waals surface area contributed by atoms with Crippen LogP contribution in [0.15, 0.2) is 36.4 Å². The molecule has 3 aliphatic heterocycles. The monoisotopic (exact) mass is 610 g/mol. The molecule has 1 N–H and O–H groups in total. The number of rotatable bonds is 8. The molecule has 1 aromatic heterocycles. The summed E-state index contributed by atoms with van der Waals surface area (Å²) in [6.45, 7) is 8.53. The van der Waals surface area contributed by atoms with E-state index in [-0.39, 0.29) is 17.6 Å². The van der Waals surface area contributed by atoms with Crippen molar-refractivity contribution < 1.29 is 14.3 Å². The van der Waals surface area contributed by atoms with Crippen molar-refractivity contribution in [3.8, 4) is 12.1 Å². The number of anilines is 2. The maximum atomic E-state index is 12.6. The molecule has 0 spiro atoms. The van der Waals surface area contributed by atoms with Crippen molar-refractivity contribution in [3.05, 3.63) is 53.2 Å². The number of benzene rings is 2. The number of carbonyl (C=O) groups is 1. The fraction of sp³-hybridized carbons (Fsp3) is 0.529. The molecule has 3 fully saturated rings. The molecule has 0 radical (unpaired) electrons. The Labute approximate surface area is 264 Å². The lowest BCUT2D eigenvalue weighted by atomic mass is 10.00. The molecular formula is C34H42N8O3. The van der Waals surface area contributed by atoms with E-state index in [9.17, 15) is 10.1 Å². The first kappa shape index (κ1) is 29.7. The summed E-state index contributed by atoms with van der Waals surface area (Å²) in [7, 11) is 3.60. The number of fused-ring (bicyclic) bond motifs is 2. The molecule has 2 aromatic carbocycles. The number of methoxy groups -OCH3 is 1. The second-order valence-electron chi connectivity index (χ2n) is 12.9. The summed E-state index contributed by atoms with van der Waals surface area (Å²) in [6, 6.07) is 14.8. The number of hydrogen-bond acceptors (Lipinski definition) is 11. The molecule has 0 bridgehead atoms. The molecule has 11 nitrogen and oxygen atoms in total. The zero-order valence-corrected chi connectivity index (χ0v) is 26.3. The van der Waals surface area contributed by atoms with Crippen LogP contribution in [0.3, 0.4) is 0 Å². The van der Waals surface area contributed by atoms with Crippen LogP contribution >= 0.6 is 0 Å². The summed E-state index contributed by atoms with van der Waals surface area (Å²) in [6.07, 6.45) is 3.50. The fourth-order valence-corrected chi connectivity index (χ4v) is 7.15. The summed E-state index contributed by atoms with van der Waals surface area (Å²) < 4.78 is 11.6. The Morgan fingerprint density at radius 1 is 1.09 bits per heavy atom. The molecule has 11 heteroatoms. The Morgan fingerprint density at radius 2 is 1.91 bits per heavy atom. The lowest BCUT2D eigenvalue weighted by molar-refractivity contribution is 0.0601. The summed E-state index contributed by atoms with van der Waals surface area (Å²) in [5.41, 5.74) is 3.70. The summed E-state index contributed by atoms with van der Waals surface area (Å²) in [4.78, 5) is 32.3. The largest absolute Gasteiger partial charge is 0.465 e. The number of piperazine rings is 2. The van der Waals surface area contributed by atoms with Crippen molar-refractivity contribution in [3.63, 3.8) is 0 Å². The van der Waals surface area contributed by atoms with Crippen molar-refractivity contribution in [1.29, 1.82) is 5.26 Å². The highest BCUT2D eigenvalue weighted by atomic mass is 16.5. The summed E-state index contributed by atoms with van der Waals surface area (Å²) in [5.74, 6) is 0.580. The van der Waals surface area contributed by atoms with Crippen LogP contribution in [0.1, 0.15) is 40.9 Å². The lowest BCUT2D eigenvalue weighted by Gasteiger charge is -2.38. The zero-order valence-electron chi connectivity index (χ0n) is 26.3. The zero-order chi connectivity index (χ0) is 31.0. The van der Waals surface area contributed by atoms with Gasteiger partial charge in [-0.15, -0.1) is 0 Å². The van der Waals surface area contributed by atoms with Crippen molar-refractivity contribution in [2.75, 3.05) is 82.9 Å². The van der Waals surface area contributed by atoms with E-state index in [4.69, 9.17) is 19.4 Å². The standard InChI is InChI=1S/C34H42N8O3/c1-39-15-17-42(18-16-39)34(9-10-34)23-45-33-37-29-22-40(30-20-25(32(43)44-2)19-24-5-3-4-6-27(24)30)13-8-28(29)31(38-33)41-14-12-36-26(21-41)7-11-35/h3-6,19-20,26,36H,7-10,12-18,21-23H2,1-2H3/t26-/m0/s1. The number of carbonyl (C=O) groups excluding carboxylic acids is 1. The number of hydrogen-bond donors (Lipinski definition) is 1. The van der Waals surface area contributed by atoms with E-state index in [1.54, 1.807) is 0 Å². The minimum absolute atomic E-state index is 0.0763. The van der Waals surface area contributed by atoms with Crippen LogP contribution < -0.4 is 19.9 Å². The highest BCUT2D eigenvalue weighted by Gasteiger charge is 2.49. The quantitative estimate of drug-likeness (QED) is 0.380. The van der Waals surface area contributed by atoms with Gasteiger partial charge in [-0.2, -0.15) is 15.2 Å². The predicted octanol–water partition coefficient (Wildman–Crippen LogP) is 2.83. The Hall–Kier alpha value is -3.98. The molecular weight excluding hydrogens is 568 g/mol. The number of esters is 1. The first-order valence-electron chi connectivity index (χ1n) is 16.1. The number of nitriles is 1. The topological polar surface area (TPSA) is 110 Å². The van der Waals surface area contributed by atoms with Crippen LogP contribution in [0.2, 0.25) is 0 Å². The smallest absolute Gasteiger partial charge is 0.337 e. The Bertz CT molecular complexity index is 1610. The van der Waals surface area contributed by atoms with Crippen molar-refractivity contribution in [1.82, 2.24) is 25.1 Å². The van der Waals surface area contributed by atoms with E-state index < -0.39 is 0 Å². The molecule has 7 rings (SSSR count). The van der Waals surface area contributed by atoms with Gasteiger partial charge in [0.05, 0.1) is 42.9 Å². The lowest BCUT2D eigenvalue weighted by Crippen LogP contribution is -2.52. The van der Waals surface area contributed by atoms with Gasteiger partial charge in [0.2, 0.25) is 0 Å². The normalized spacial score (nSPS) is 21.7. The molecule has 2 saturated heterocycles. The highest BCUT2D eigenvalue weighted by molar-refractivity contribution is 6.02. The molecule has 45 heavy (non-hydrogen) atoms. The summed E-state index contributed by atoms with van der Waals surface area (Å²) >= 11 is 0. The van der Waals surface area contributed by atoms with Gasteiger partial charge < -0.3 is 29.5 Å². The maximum absolute atomic E-state index is 12.6. The average Bonchev–Trinajstić information content (AvgIpc) is 3.87. The predicted molar refractivity (Wildman–Crippen MR) is 173 cm³/mol. The SMILES string of the molecule is COC(=O)c1cc(N2CCc3c(nc(OCC4(N5CCN(C)CC5)CC4)nc3N3CCN[C@@H](CC#N)C3)C2)c2ccccc2c1. The number of likely N-dealkylation sites (N-methyl/N-ethyl adjacent to an activating group) is 1. The van der Waals surface area contributed by atoms with Gasteiger partial charge in [0, 0.05) is 75.0 Å². The van der Waals surface area contributed by atoms with Gasteiger partial charge in [-0.25, -0.2) is 4.79 Å². The minimum Gasteiger partial charge on any atom is -0.465 e.